The second-order valence-electron chi connectivity index (χ2n) is 6.20. The Morgan fingerprint density at radius 2 is 2.21 bits per heavy atom. The number of nitrogens with zero attached hydrogens (tertiary/aromatic N) is 1. The van der Waals surface area contributed by atoms with Crippen LogP contribution in [-0.4, -0.2) is 24.0 Å². The normalized spacial score (nSPS) is 21.2. The molecule has 1 aromatic rings. The standard InChI is InChI=1S/C15H23N3O/c1-10-7-13(16-4)12(9-17-10)14(19)18-11-5-6-15(2,3)8-11/h7,9,11H,5-6,8H2,1-4H3,(H,16,17)(H,18,19). The second-order valence-corrected chi connectivity index (χ2v) is 6.20. The Morgan fingerprint density at radius 3 is 2.79 bits per heavy atom. The lowest BCUT2D eigenvalue weighted by Crippen LogP contribution is -2.34. The zero-order valence-corrected chi connectivity index (χ0v) is 12.2. The van der Waals surface area contributed by atoms with Gasteiger partial charge in [0.2, 0.25) is 0 Å². The Morgan fingerprint density at radius 1 is 1.47 bits per heavy atom. The fourth-order valence-electron chi connectivity index (χ4n) is 2.77. The minimum Gasteiger partial charge on any atom is -0.387 e. The number of anilines is 1. The zero-order chi connectivity index (χ0) is 14.0. The fraction of sp³-hybridized carbons (Fsp3) is 0.600. The summed E-state index contributed by atoms with van der Waals surface area (Å²) < 4.78 is 0. The smallest absolute Gasteiger partial charge is 0.255 e. The maximum Gasteiger partial charge on any atom is 0.255 e. The summed E-state index contributed by atoms with van der Waals surface area (Å²) in [5, 5.41) is 6.18. The molecule has 2 rings (SSSR count). The van der Waals surface area contributed by atoms with Crippen LogP contribution in [0.5, 0.6) is 0 Å². The highest BCUT2D eigenvalue weighted by atomic mass is 16.1. The van der Waals surface area contributed by atoms with E-state index in [1.54, 1.807) is 6.20 Å². The molecule has 1 fully saturated rings. The Balaban J connectivity index is 2.08. The molecule has 1 atom stereocenters. The molecule has 4 heteroatoms. The molecule has 0 saturated heterocycles. The summed E-state index contributed by atoms with van der Waals surface area (Å²) in [6, 6.07) is 2.18. The first-order chi connectivity index (χ1) is 8.91. The van der Waals surface area contributed by atoms with Gasteiger partial charge in [-0.25, -0.2) is 0 Å². The minimum atomic E-state index is -0.0282. The fourth-order valence-corrected chi connectivity index (χ4v) is 2.77. The van der Waals surface area contributed by atoms with E-state index in [4.69, 9.17) is 0 Å². The van der Waals surface area contributed by atoms with Gasteiger partial charge in [-0.1, -0.05) is 13.8 Å². The quantitative estimate of drug-likeness (QED) is 0.879. The average molecular weight is 261 g/mol. The number of pyridine rings is 1. The summed E-state index contributed by atoms with van der Waals surface area (Å²) in [7, 11) is 1.82. The van der Waals surface area contributed by atoms with Gasteiger partial charge >= 0.3 is 0 Å². The van der Waals surface area contributed by atoms with Crippen LogP contribution in [0.4, 0.5) is 5.69 Å². The zero-order valence-electron chi connectivity index (χ0n) is 12.2. The average Bonchev–Trinajstić information content (AvgIpc) is 2.68. The number of hydrogen-bond acceptors (Lipinski definition) is 3. The van der Waals surface area contributed by atoms with Crippen LogP contribution in [0.15, 0.2) is 12.3 Å². The van der Waals surface area contributed by atoms with Gasteiger partial charge in [0, 0.05) is 25.0 Å². The Bertz CT molecular complexity index is 482. The first-order valence-electron chi connectivity index (χ1n) is 6.86. The van der Waals surface area contributed by atoms with Crippen LogP contribution in [0.2, 0.25) is 0 Å². The molecule has 104 valence electrons. The molecule has 1 amide bonds. The van der Waals surface area contributed by atoms with Crippen LogP contribution in [0.1, 0.15) is 49.2 Å². The molecule has 0 spiro atoms. The van der Waals surface area contributed by atoms with Gasteiger partial charge in [-0.05, 0) is 37.7 Å². The predicted molar refractivity (Wildman–Crippen MR) is 77.4 cm³/mol. The van der Waals surface area contributed by atoms with E-state index < -0.39 is 0 Å². The molecule has 0 radical (unpaired) electrons. The van der Waals surface area contributed by atoms with E-state index >= 15 is 0 Å². The number of aryl methyl sites for hydroxylation is 1. The van der Waals surface area contributed by atoms with E-state index in [-0.39, 0.29) is 11.9 Å². The SMILES string of the molecule is CNc1cc(C)ncc1C(=O)NC1CCC(C)(C)C1. The Hall–Kier alpha value is -1.58. The molecule has 1 unspecified atom stereocenters. The third kappa shape index (κ3) is 3.25. The van der Waals surface area contributed by atoms with Crippen molar-refractivity contribution in [3.05, 3.63) is 23.5 Å². The van der Waals surface area contributed by atoms with E-state index in [0.717, 1.165) is 24.2 Å². The Labute approximate surface area is 115 Å². The molecule has 1 aromatic heterocycles. The van der Waals surface area contributed by atoms with Gasteiger partial charge in [0.15, 0.2) is 0 Å². The first kappa shape index (κ1) is 13.8. The van der Waals surface area contributed by atoms with Gasteiger partial charge in [0.25, 0.3) is 5.91 Å². The molecule has 19 heavy (non-hydrogen) atoms. The lowest BCUT2D eigenvalue weighted by molar-refractivity contribution is 0.0936. The van der Waals surface area contributed by atoms with Crippen LogP contribution in [0.3, 0.4) is 0 Å². The summed E-state index contributed by atoms with van der Waals surface area (Å²) >= 11 is 0. The number of carbonyl (C=O) groups is 1. The molecule has 2 N–H and O–H groups in total. The highest BCUT2D eigenvalue weighted by Gasteiger charge is 2.32. The largest absolute Gasteiger partial charge is 0.387 e. The molecule has 1 heterocycles. The lowest BCUT2D eigenvalue weighted by atomic mass is 9.92. The summed E-state index contributed by atoms with van der Waals surface area (Å²) in [6.07, 6.45) is 4.93. The van der Waals surface area contributed by atoms with Crippen LogP contribution >= 0.6 is 0 Å². The molecule has 1 aliphatic rings. The molecule has 0 bridgehead atoms. The second kappa shape index (κ2) is 5.19. The third-order valence-electron chi connectivity index (χ3n) is 3.86. The predicted octanol–water partition coefficient (Wildman–Crippen LogP) is 2.74. The summed E-state index contributed by atoms with van der Waals surface area (Å²) in [5.74, 6) is -0.0282. The number of carbonyl (C=O) groups excluding carboxylic acids is 1. The van der Waals surface area contributed by atoms with Crippen LogP contribution in [0, 0.1) is 12.3 Å². The van der Waals surface area contributed by atoms with Crippen LogP contribution in [-0.2, 0) is 0 Å². The van der Waals surface area contributed by atoms with Gasteiger partial charge in [-0.3, -0.25) is 9.78 Å². The van der Waals surface area contributed by atoms with Crippen molar-refractivity contribution in [2.75, 3.05) is 12.4 Å². The molecule has 0 aliphatic heterocycles. The molecule has 0 aromatic carbocycles. The highest BCUT2D eigenvalue weighted by molar-refractivity contribution is 5.99. The van der Waals surface area contributed by atoms with Crippen molar-refractivity contribution in [1.29, 1.82) is 0 Å². The summed E-state index contributed by atoms with van der Waals surface area (Å²) in [4.78, 5) is 16.5. The summed E-state index contributed by atoms with van der Waals surface area (Å²) in [5.41, 5.74) is 2.71. The minimum absolute atomic E-state index is 0.0282. The molecule has 1 saturated carbocycles. The van der Waals surface area contributed by atoms with Gasteiger partial charge in [-0.2, -0.15) is 0 Å². The van der Waals surface area contributed by atoms with Gasteiger partial charge in [0.05, 0.1) is 11.3 Å². The molecule has 1 aliphatic carbocycles. The first-order valence-corrected chi connectivity index (χ1v) is 6.86. The van der Waals surface area contributed by atoms with Crippen molar-refractivity contribution in [1.82, 2.24) is 10.3 Å². The van der Waals surface area contributed by atoms with E-state index in [0.29, 0.717) is 11.0 Å². The third-order valence-corrected chi connectivity index (χ3v) is 3.86. The van der Waals surface area contributed by atoms with E-state index in [1.165, 1.54) is 6.42 Å². The molecular formula is C15H23N3O. The number of aromatic nitrogens is 1. The number of nitrogens with one attached hydrogen (secondary N) is 2. The van der Waals surface area contributed by atoms with E-state index in [2.05, 4.69) is 29.5 Å². The lowest BCUT2D eigenvalue weighted by Gasteiger charge is -2.18. The van der Waals surface area contributed by atoms with Gasteiger partial charge < -0.3 is 10.6 Å². The number of rotatable bonds is 3. The summed E-state index contributed by atoms with van der Waals surface area (Å²) in [6.45, 7) is 6.43. The van der Waals surface area contributed by atoms with Crippen molar-refractivity contribution in [3.8, 4) is 0 Å². The number of hydrogen-bond donors (Lipinski definition) is 2. The Kier molecular flexibility index (Phi) is 3.78. The maximum absolute atomic E-state index is 12.3. The van der Waals surface area contributed by atoms with Crippen LogP contribution < -0.4 is 10.6 Å². The maximum atomic E-state index is 12.3. The van der Waals surface area contributed by atoms with Gasteiger partial charge in [-0.15, -0.1) is 0 Å². The van der Waals surface area contributed by atoms with Crippen molar-refractivity contribution >= 4 is 11.6 Å². The highest BCUT2D eigenvalue weighted by Crippen LogP contribution is 2.37. The molecular weight excluding hydrogens is 238 g/mol. The van der Waals surface area contributed by atoms with Crippen LogP contribution in [0.25, 0.3) is 0 Å². The van der Waals surface area contributed by atoms with Crippen molar-refractivity contribution < 1.29 is 4.79 Å². The van der Waals surface area contributed by atoms with Gasteiger partial charge in [0.1, 0.15) is 0 Å². The van der Waals surface area contributed by atoms with Crippen molar-refractivity contribution in [2.45, 2.75) is 46.1 Å². The van der Waals surface area contributed by atoms with Crippen molar-refractivity contribution in [3.63, 3.8) is 0 Å². The topological polar surface area (TPSA) is 54.0 Å². The van der Waals surface area contributed by atoms with Crippen molar-refractivity contribution in [2.24, 2.45) is 5.41 Å². The number of amides is 1. The molecule has 4 nitrogen and oxygen atoms in total. The monoisotopic (exact) mass is 261 g/mol. The van der Waals surface area contributed by atoms with E-state index in [9.17, 15) is 4.79 Å². The van der Waals surface area contributed by atoms with E-state index in [1.807, 2.05) is 20.0 Å².